The van der Waals surface area contributed by atoms with E-state index in [4.69, 9.17) is 5.73 Å². The predicted molar refractivity (Wildman–Crippen MR) is 106 cm³/mol. The molecule has 0 fully saturated rings. The third-order valence-electron chi connectivity index (χ3n) is 4.26. The number of imidazole rings is 1. The van der Waals surface area contributed by atoms with E-state index in [1.165, 1.54) is 0 Å². The number of nitrogens with two attached hydrogens (primary N) is 1. The maximum atomic E-state index is 12.5. The van der Waals surface area contributed by atoms with Crippen LogP contribution in [0.25, 0.3) is 0 Å². The van der Waals surface area contributed by atoms with E-state index in [9.17, 15) is 9.59 Å². The Bertz CT molecular complexity index is 958. The van der Waals surface area contributed by atoms with Crippen LogP contribution in [-0.4, -0.2) is 21.2 Å². The molecule has 0 aliphatic heterocycles. The minimum atomic E-state index is -0.274. The molecule has 1 aromatic heterocycles. The Morgan fingerprint density at radius 2 is 1.74 bits per heavy atom. The van der Waals surface area contributed by atoms with Crippen LogP contribution in [0.15, 0.2) is 60.9 Å². The number of para-hydroxylation sites is 2. The van der Waals surface area contributed by atoms with Crippen molar-refractivity contribution in [3.05, 3.63) is 77.9 Å². The SMILES string of the molecule is CC(C)c1nccn1CC(=O)c1ccc(C(=O)Nc2ccccc2N)cc1. The Hall–Kier alpha value is -3.41. The lowest BCUT2D eigenvalue weighted by Gasteiger charge is -2.10. The lowest BCUT2D eigenvalue weighted by atomic mass is 10.1. The molecule has 0 spiro atoms. The maximum Gasteiger partial charge on any atom is 0.255 e. The smallest absolute Gasteiger partial charge is 0.255 e. The minimum absolute atomic E-state index is 0.0332. The number of anilines is 2. The lowest BCUT2D eigenvalue weighted by Crippen LogP contribution is -2.15. The van der Waals surface area contributed by atoms with Crippen molar-refractivity contribution >= 4 is 23.1 Å². The third kappa shape index (κ3) is 4.23. The van der Waals surface area contributed by atoms with Crippen LogP contribution in [0.4, 0.5) is 11.4 Å². The number of hydrogen-bond acceptors (Lipinski definition) is 4. The normalized spacial score (nSPS) is 10.8. The second kappa shape index (κ2) is 7.86. The molecule has 0 unspecified atom stereocenters. The molecule has 3 aromatic rings. The van der Waals surface area contributed by atoms with Crippen molar-refractivity contribution in [3.63, 3.8) is 0 Å². The van der Waals surface area contributed by atoms with Crippen molar-refractivity contribution in [2.75, 3.05) is 11.1 Å². The summed E-state index contributed by atoms with van der Waals surface area (Å²) in [5.74, 6) is 0.807. The average molecular weight is 362 g/mol. The van der Waals surface area contributed by atoms with Gasteiger partial charge >= 0.3 is 0 Å². The summed E-state index contributed by atoms with van der Waals surface area (Å²) < 4.78 is 1.85. The largest absolute Gasteiger partial charge is 0.397 e. The fraction of sp³-hybridized carbons (Fsp3) is 0.190. The van der Waals surface area contributed by atoms with E-state index in [0.717, 1.165) is 5.82 Å². The summed E-state index contributed by atoms with van der Waals surface area (Å²) in [6.45, 7) is 4.30. The van der Waals surface area contributed by atoms with Gasteiger partial charge in [0.25, 0.3) is 5.91 Å². The molecule has 2 aromatic carbocycles. The van der Waals surface area contributed by atoms with Gasteiger partial charge in [-0.2, -0.15) is 0 Å². The molecule has 0 radical (unpaired) electrons. The molecule has 1 amide bonds. The van der Waals surface area contributed by atoms with Crippen molar-refractivity contribution < 1.29 is 9.59 Å². The van der Waals surface area contributed by atoms with E-state index in [2.05, 4.69) is 10.3 Å². The van der Waals surface area contributed by atoms with Crippen LogP contribution in [0, 0.1) is 0 Å². The zero-order valence-electron chi connectivity index (χ0n) is 15.3. The predicted octanol–water partition coefficient (Wildman–Crippen LogP) is 3.72. The highest BCUT2D eigenvalue weighted by molar-refractivity contribution is 6.06. The van der Waals surface area contributed by atoms with Crippen molar-refractivity contribution in [1.29, 1.82) is 0 Å². The Morgan fingerprint density at radius 1 is 1.07 bits per heavy atom. The molecule has 6 nitrogen and oxygen atoms in total. The van der Waals surface area contributed by atoms with Gasteiger partial charge in [0.2, 0.25) is 0 Å². The topological polar surface area (TPSA) is 90.0 Å². The lowest BCUT2D eigenvalue weighted by molar-refractivity contribution is 0.0968. The second-order valence-electron chi connectivity index (χ2n) is 6.61. The van der Waals surface area contributed by atoms with E-state index in [1.54, 1.807) is 60.9 Å². The number of amides is 1. The molecule has 0 saturated carbocycles. The molecule has 27 heavy (non-hydrogen) atoms. The number of nitrogens with zero attached hydrogens (tertiary/aromatic N) is 2. The van der Waals surface area contributed by atoms with Crippen molar-refractivity contribution in [1.82, 2.24) is 9.55 Å². The zero-order chi connectivity index (χ0) is 19.4. The molecule has 0 bridgehead atoms. The van der Waals surface area contributed by atoms with Crippen LogP contribution < -0.4 is 11.1 Å². The second-order valence-corrected chi connectivity index (χ2v) is 6.61. The summed E-state index contributed by atoms with van der Waals surface area (Å²) in [4.78, 5) is 29.2. The number of carbonyl (C=O) groups excluding carboxylic acids is 2. The molecular weight excluding hydrogens is 340 g/mol. The summed E-state index contributed by atoms with van der Waals surface area (Å²) in [5, 5.41) is 2.77. The Kier molecular flexibility index (Phi) is 5.35. The van der Waals surface area contributed by atoms with Gasteiger partial charge < -0.3 is 15.6 Å². The first-order chi connectivity index (χ1) is 13.0. The van der Waals surface area contributed by atoms with Gasteiger partial charge in [0.05, 0.1) is 17.9 Å². The van der Waals surface area contributed by atoms with Crippen LogP contribution >= 0.6 is 0 Å². The van der Waals surface area contributed by atoms with Crippen molar-refractivity contribution in [2.24, 2.45) is 0 Å². The highest BCUT2D eigenvalue weighted by atomic mass is 16.1. The van der Waals surface area contributed by atoms with E-state index < -0.39 is 0 Å². The fourth-order valence-electron chi connectivity index (χ4n) is 2.81. The fourth-order valence-corrected chi connectivity index (χ4v) is 2.81. The van der Waals surface area contributed by atoms with Gasteiger partial charge in [-0.3, -0.25) is 9.59 Å². The van der Waals surface area contributed by atoms with Gasteiger partial charge in [-0.1, -0.05) is 38.1 Å². The van der Waals surface area contributed by atoms with E-state index in [0.29, 0.717) is 22.5 Å². The van der Waals surface area contributed by atoms with Crippen LogP contribution in [0.3, 0.4) is 0 Å². The number of rotatable bonds is 6. The van der Waals surface area contributed by atoms with Crippen LogP contribution in [-0.2, 0) is 6.54 Å². The van der Waals surface area contributed by atoms with Gasteiger partial charge in [-0.25, -0.2) is 4.98 Å². The molecule has 0 aliphatic carbocycles. The summed E-state index contributed by atoms with van der Waals surface area (Å²) in [6, 6.07) is 13.7. The standard InChI is InChI=1S/C21H22N4O2/c1-14(2)20-23-11-12-25(20)13-19(26)15-7-9-16(10-8-15)21(27)24-18-6-4-3-5-17(18)22/h3-12,14H,13,22H2,1-2H3,(H,24,27). The summed E-state index contributed by atoms with van der Waals surface area (Å²) in [5.41, 5.74) is 7.91. The van der Waals surface area contributed by atoms with Crippen molar-refractivity contribution in [2.45, 2.75) is 26.3 Å². The van der Waals surface area contributed by atoms with E-state index in [-0.39, 0.29) is 24.2 Å². The van der Waals surface area contributed by atoms with E-state index in [1.807, 2.05) is 18.4 Å². The number of nitrogen functional groups attached to an aromatic ring is 1. The Labute approximate surface area is 158 Å². The quantitative estimate of drug-likeness (QED) is 0.516. The van der Waals surface area contributed by atoms with Gasteiger partial charge in [0.15, 0.2) is 5.78 Å². The molecule has 0 aliphatic rings. The number of hydrogen-bond donors (Lipinski definition) is 2. The van der Waals surface area contributed by atoms with Gasteiger partial charge in [-0.15, -0.1) is 0 Å². The number of Topliss-reactive ketones (excluding diaryl/α,β-unsaturated/α-hetero) is 1. The number of carbonyl (C=O) groups is 2. The van der Waals surface area contributed by atoms with Crippen LogP contribution in [0.2, 0.25) is 0 Å². The third-order valence-corrected chi connectivity index (χ3v) is 4.26. The molecule has 0 saturated heterocycles. The van der Waals surface area contributed by atoms with Gasteiger partial charge in [-0.05, 0) is 24.3 Å². The highest BCUT2D eigenvalue weighted by Crippen LogP contribution is 2.18. The van der Waals surface area contributed by atoms with Gasteiger partial charge in [0.1, 0.15) is 5.82 Å². The molecule has 3 N–H and O–H groups in total. The molecule has 3 rings (SSSR count). The first-order valence-electron chi connectivity index (χ1n) is 8.76. The first-order valence-corrected chi connectivity index (χ1v) is 8.76. The van der Waals surface area contributed by atoms with Gasteiger partial charge in [0, 0.05) is 29.4 Å². The maximum absolute atomic E-state index is 12.5. The highest BCUT2D eigenvalue weighted by Gasteiger charge is 2.13. The monoisotopic (exact) mass is 362 g/mol. The van der Waals surface area contributed by atoms with Crippen LogP contribution in [0.1, 0.15) is 46.3 Å². The minimum Gasteiger partial charge on any atom is -0.397 e. The molecule has 6 heteroatoms. The summed E-state index contributed by atoms with van der Waals surface area (Å²) in [6.07, 6.45) is 3.50. The zero-order valence-corrected chi connectivity index (χ0v) is 15.3. The average Bonchev–Trinajstić information content (AvgIpc) is 3.12. The molecular formula is C21H22N4O2. The number of aromatic nitrogens is 2. The Morgan fingerprint density at radius 3 is 2.41 bits per heavy atom. The molecule has 0 atom stereocenters. The van der Waals surface area contributed by atoms with E-state index >= 15 is 0 Å². The molecule has 1 heterocycles. The molecule has 138 valence electrons. The number of benzene rings is 2. The number of ketones is 1. The summed E-state index contributed by atoms with van der Waals surface area (Å²) >= 11 is 0. The Balaban J connectivity index is 1.69. The summed E-state index contributed by atoms with van der Waals surface area (Å²) in [7, 11) is 0. The number of nitrogens with one attached hydrogen (secondary N) is 1. The van der Waals surface area contributed by atoms with Crippen LogP contribution in [0.5, 0.6) is 0 Å². The van der Waals surface area contributed by atoms with Crippen molar-refractivity contribution in [3.8, 4) is 0 Å². The first kappa shape index (κ1) is 18.4.